The van der Waals surface area contributed by atoms with E-state index in [0.29, 0.717) is 30.4 Å². The van der Waals surface area contributed by atoms with Gasteiger partial charge < -0.3 is 22.1 Å². The van der Waals surface area contributed by atoms with Crippen LogP contribution in [0.25, 0.3) is 11.0 Å². The van der Waals surface area contributed by atoms with Crippen molar-refractivity contribution in [2.75, 3.05) is 16.4 Å². The minimum atomic E-state index is 0.285. The fraction of sp³-hybridized carbons (Fsp3) is 0.476. The molecule has 1 saturated carbocycles. The molecule has 7 N–H and O–H groups in total. The standard InChI is InChI=1S/C21H30N8/c1-12(2)17-18-19(29-28-17)20(24-11-13-5-3-4-6-16(13)23)27-21(26-18)25-15-9-7-14(22)8-10-15/h3-6,12,14-15H,7-11,22-23H2,1-2H3,(H,28,29)(H2,24,25,26,27). The summed E-state index contributed by atoms with van der Waals surface area (Å²) in [7, 11) is 0. The van der Waals surface area contributed by atoms with Gasteiger partial charge in [-0.15, -0.1) is 0 Å². The second-order valence-electron chi connectivity index (χ2n) is 8.19. The van der Waals surface area contributed by atoms with E-state index >= 15 is 0 Å². The van der Waals surface area contributed by atoms with Crippen LogP contribution in [0.3, 0.4) is 0 Å². The maximum absolute atomic E-state index is 6.09. The van der Waals surface area contributed by atoms with Crippen molar-refractivity contribution in [1.82, 2.24) is 20.2 Å². The molecule has 0 aliphatic heterocycles. The highest BCUT2D eigenvalue weighted by molar-refractivity contribution is 5.88. The van der Waals surface area contributed by atoms with Crippen LogP contribution in [0.5, 0.6) is 0 Å². The van der Waals surface area contributed by atoms with Gasteiger partial charge in [-0.05, 0) is 43.2 Å². The number of aromatic amines is 1. The van der Waals surface area contributed by atoms with Gasteiger partial charge in [0.05, 0.1) is 5.69 Å². The minimum Gasteiger partial charge on any atom is -0.398 e. The molecule has 0 saturated heterocycles. The van der Waals surface area contributed by atoms with Crippen molar-refractivity contribution in [3.63, 3.8) is 0 Å². The number of nitrogens with one attached hydrogen (secondary N) is 3. The number of H-pyrrole nitrogens is 1. The summed E-state index contributed by atoms with van der Waals surface area (Å²) in [6, 6.07) is 8.48. The zero-order valence-electron chi connectivity index (χ0n) is 17.1. The molecule has 4 rings (SSSR count). The molecule has 3 aromatic rings. The molecular formula is C21H30N8. The molecule has 2 heterocycles. The molecule has 8 heteroatoms. The Morgan fingerprint density at radius 2 is 1.86 bits per heavy atom. The molecule has 29 heavy (non-hydrogen) atoms. The number of anilines is 3. The highest BCUT2D eigenvalue weighted by atomic mass is 15.2. The summed E-state index contributed by atoms with van der Waals surface area (Å²) in [5, 5.41) is 14.5. The Kier molecular flexibility index (Phi) is 5.53. The average molecular weight is 395 g/mol. The number of hydrogen-bond acceptors (Lipinski definition) is 7. The molecule has 0 bridgehead atoms. The molecule has 0 atom stereocenters. The van der Waals surface area contributed by atoms with Crippen LogP contribution >= 0.6 is 0 Å². The van der Waals surface area contributed by atoms with Gasteiger partial charge in [0, 0.05) is 24.3 Å². The highest BCUT2D eigenvalue weighted by Gasteiger charge is 2.21. The number of fused-ring (bicyclic) bond motifs is 1. The summed E-state index contributed by atoms with van der Waals surface area (Å²) in [5.74, 6) is 1.62. The quantitative estimate of drug-likeness (QED) is 0.405. The zero-order chi connectivity index (χ0) is 20.4. The summed E-state index contributed by atoms with van der Waals surface area (Å²) in [6.45, 7) is 4.82. The third kappa shape index (κ3) is 4.27. The van der Waals surface area contributed by atoms with Gasteiger partial charge in [-0.25, -0.2) is 4.98 Å². The lowest BCUT2D eigenvalue weighted by Crippen LogP contribution is -2.33. The lowest BCUT2D eigenvalue weighted by molar-refractivity contribution is 0.410. The van der Waals surface area contributed by atoms with Gasteiger partial charge in [-0.2, -0.15) is 10.1 Å². The van der Waals surface area contributed by atoms with Crippen LogP contribution in [-0.4, -0.2) is 32.2 Å². The Hall–Kier alpha value is -2.87. The highest BCUT2D eigenvalue weighted by Crippen LogP contribution is 2.28. The van der Waals surface area contributed by atoms with E-state index in [9.17, 15) is 0 Å². The van der Waals surface area contributed by atoms with E-state index in [1.54, 1.807) is 0 Å². The fourth-order valence-corrected chi connectivity index (χ4v) is 3.83. The van der Waals surface area contributed by atoms with Crippen LogP contribution in [0.2, 0.25) is 0 Å². The van der Waals surface area contributed by atoms with E-state index in [4.69, 9.17) is 21.4 Å². The van der Waals surface area contributed by atoms with E-state index in [-0.39, 0.29) is 5.92 Å². The Balaban J connectivity index is 1.63. The third-order valence-electron chi connectivity index (χ3n) is 5.61. The first-order valence-electron chi connectivity index (χ1n) is 10.4. The first-order valence-corrected chi connectivity index (χ1v) is 10.4. The maximum Gasteiger partial charge on any atom is 0.225 e. The van der Waals surface area contributed by atoms with Crippen LogP contribution in [0, 0.1) is 0 Å². The summed E-state index contributed by atoms with van der Waals surface area (Å²) in [6.07, 6.45) is 4.13. The second kappa shape index (κ2) is 8.24. The molecule has 0 spiro atoms. The molecule has 1 aliphatic rings. The van der Waals surface area contributed by atoms with E-state index in [1.165, 1.54) is 0 Å². The number of hydrogen-bond donors (Lipinski definition) is 5. The largest absolute Gasteiger partial charge is 0.398 e. The Labute approximate surface area is 170 Å². The SMILES string of the molecule is CC(C)c1[nH]nc2c(NCc3ccccc3N)nc(NC3CCC(N)CC3)nc12. The van der Waals surface area contributed by atoms with Crippen LogP contribution < -0.4 is 22.1 Å². The Bertz CT molecular complexity index is 972. The normalized spacial score (nSPS) is 19.6. The fourth-order valence-electron chi connectivity index (χ4n) is 3.83. The lowest BCUT2D eigenvalue weighted by Gasteiger charge is -2.26. The third-order valence-corrected chi connectivity index (χ3v) is 5.61. The van der Waals surface area contributed by atoms with E-state index < -0.39 is 0 Å². The van der Waals surface area contributed by atoms with Crippen molar-refractivity contribution in [1.29, 1.82) is 0 Å². The number of benzene rings is 1. The van der Waals surface area contributed by atoms with Gasteiger partial charge in [0.2, 0.25) is 5.95 Å². The lowest BCUT2D eigenvalue weighted by atomic mass is 9.92. The number of nitrogens with two attached hydrogens (primary N) is 2. The van der Waals surface area contributed by atoms with Gasteiger partial charge >= 0.3 is 0 Å². The van der Waals surface area contributed by atoms with Crippen LogP contribution in [0.4, 0.5) is 17.5 Å². The molecule has 1 aliphatic carbocycles. The summed E-state index contributed by atoms with van der Waals surface area (Å²) < 4.78 is 0. The van der Waals surface area contributed by atoms with Crippen molar-refractivity contribution in [3.05, 3.63) is 35.5 Å². The predicted molar refractivity (Wildman–Crippen MR) is 118 cm³/mol. The van der Waals surface area contributed by atoms with Gasteiger partial charge in [-0.3, -0.25) is 5.10 Å². The zero-order valence-corrected chi connectivity index (χ0v) is 17.1. The van der Waals surface area contributed by atoms with Crippen molar-refractivity contribution < 1.29 is 0 Å². The van der Waals surface area contributed by atoms with Crippen molar-refractivity contribution >= 4 is 28.5 Å². The molecule has 8 nitrogen and oxygen atoms in total. The van der Waals surface area contributed by atoms with Gasteiger partial charge in [0.15, 0.2) is 11.3 Å². The Morgan fingerprint density at radius 1 is 1.10 bits per heavy atom. The van der Waals surface area contributed by atoms with Crippen molar-refractivity contribution in [2.45, 2.75) is 64.1 Å². The molecule has 2 aromatic heterocycles. The molecule has 154 valence electrons. The first-order chi connectivity index (χ1) is 14.0. The molecule has 1 fully saturated rings. The molecule has 0 amide bonds. The topological polar surface area (TPSA) is 131 Å². The number of nitrogen functional groups attached to an aromatic ring is 1. The molecule has 0 unspecified atom stereocenters. The smallest absolute Gasteiger partial charge is 0.225 e. The predicted octanol–water partition coefficient (Wildman–Crippen LogP) is 3.35. The van der Waals surface area contributed by atoms with Crippen LogP contribution in [0.1, 0.15) is 56.7 Å². The summed E-state index contributed by atoms with van der Waals surface area (Å²) >= 11 is 0. The molecule has 0 radical (unpaired) electrons. The summed E-state index contributed by atoms with van der Waals surface area (Å²) in [4.78, 5) is 9.53. The molecular weight excluding hydrogens is 364 g/mol. The number of rotatable bonds is 6. The van der Waals surface area contributed by atoms with E-state index in [1.807, 2.05) is 24.3 Å². The van der Waals surface area contributed by atoms with Gasteiger partial charge in [0.1, 0.15) is 5.52 Å². The minimum absolute atomic E-state index is 0.285. The number of aromatic nitrogens is 4. The van der Waals surface area contributed by atoms with Gasteiger partial charge in [0.25, 0.3) is 0 Å². The Morgan fingerprint density at radius 3 is 2.59 bits per heavy atom. The van der Waals surface area contributed by atoms with Crippen molar-refractivity contribution in [3.8, 4) is 0 Å². The number of para-hydroxylation sites is 1. The number of nitrogens with zero attached hydrogens (tertiary/aromatic N) is 3. The van der Waals surface area contributed by atoms with Crippen molar-refractivity contribution in [2.24, 2.45) is 5.73 Å². The van der Waals surface area contributed by atoms with E-state index in [0.717, 1.165) is 53.7 Å². The van der Waals surface area contributed by atoms with Gasteiger partial charge in [-0.1, -0.05) is 32.0 Å². The monoisotopic (exact) mass is 394 g/mol. The first kappa shape index (κ1) is 19.4. The van der Waals surface area contributed by atoms with Crippen LogP contribution in [0.15, 0.2) is 24.3 Å². The van der Waals surface area contributed by atoms with Crippen LogP contribution in [-0.2, 0) is 6.54 Å². The molecule has 1 aromatic carbocycles. The van der Waals surface area contributed by atoms with E-state index in [2.05, 4.69) is 34.7 Å². The maximum atomic E-state index is 6.09. The second-order valence-corrected chi connectivity index (χ2v) is 8.19. The summed E-state index contributed by atoms with van der Waals surface area (Å²) in [5.41, 5.74) is 16.5. The average Bonchev–Trinajstić information content (AvgIpc) is 3.13.